The molecule has 1 aromatic heterocycles. The van der Waals surface area contributed by atoms with Crippen molar-refractivity contribution in [1.29, 1.82) is 0 Å². The summed E-state index contributed by atoms with van der Waals surface area (Å²) in [5.74, 6) is -0.634. The maximum atomic E-state index is 12.0. The molecule has 1 heterocycles. The molecule has 1 saturated carbocycles. The van der Waals surface area contributed by atoms with E-state index >= 15 is 0 Å². The summed E-state index contributed by atoms with van der Waals surface area (Å²) in [6.07, 6.45) is 8.05. The molecule has 1 aliphatic rings. The van der Waals surface area contributed by atoms with E-state index in [0.717, 1.165) is 34.1 Å². The number of carboxylic acids is 1. The molecule has 3 N–H and O–H groups in total. The van der Waals surface area contributed by atoms with Gasteiger partial charge in [0.15, 0.2) is 0 Å². The van der Waals surface area contributed by atoms with Gasteiger partial charge in [-0.15, -0.1) is 0 Å². The van der Waals surface area contributed by atoms with Crippen molar-refractivity contribution >= 4 is 22.6 Å². The van der Waals surface area contributed by atoms with Gasteiger partial charge in [0.1, 0.15) is 0 Å². The van der Waals surface area contributed by atoms with E-state index < -0.39 is 5.97 Å². The summed E-state index contributed by atoms with van der Waals surface area (Å²) in [6, 6.07) is 16.3. The number of carbonyl (C=O) groups excluding carboxylic acids is 1. The van der Waals surface area contributed by atoms with E-state index in [4.69, 9.17) is 5.73 Å². The lowest BCUT2D eigenvalue weighted by Gasteiger charge is -2.30. The molecule has 32 heavy (non-hydrogen) atoms. The third-order valence-corrected chi connectivity index (χ3v) is 6.99. The number of fused-ring (bicyclic) bond motifs is 1. The minimum Gasteiger partial charge on any atom is -0.478 e. The summed E-state index contributed by atoms with van der Waals surface area (Å²) in [5.41, 5.74) is 8.47. The lowest BCUT2D eigenvalue weighted by Crippen LogP contribution is -2.21. The first-order valence-corrected chi connectivity index (χ1v) is 11.7. The molecular formula is C27H32N2O3. The topological polar surface area (TPSA) is 85.3 Å². The van der Waals surface area contributed by atoms with Gasteiger partial charge in [-0.3, -0.25) is 4.79 Å². The molecule has 1 fully saturated rings. The van der Waals surface area contributed by atoms with E-state index in [1.54, 1.807) is 6.07 Å². The van der Waals surface area contributed by atoms with Crippen LogP contribution in [0.15, 0.2) is 48.5 Å². The number of primary amides is 1. The van der Waals surface area contributed by atoms with Gasteiger partial charge < -0.3 is 15.4 Å². The van der Waals surface area contributed by atoms with Crippen LogP contribution in [0, 0.1) is 12.8 Å². The molecular weight excluding hydrogens is 400 g/mol. The van der Waals surface area contributed by atoms with Crippen LogP contribution in [0.1, 0.15) is 73.5 Å². The molecule has 0 aliphatic heterocycles. The number of carbonyl (C=O) groups is 2. The van der Waals surface area contributed by atoms with Crippen molar-refractivity contribution in [2.24, 2.45) is 11.7 Å². The predicted octanol–water partition coefficient (Wildman–Crippen LogP) is 6.09. The molecule has 0 spiro atoms. The summed E-state index contributed by atoms with van der Waals surface area (Å²) in [4.78, 5) is 23.7. The van der Waals surface area contributed by atoms with Gasteiger partial charge in [-0.1, -0.05) is 68.5 Å². The highest BCUT2D eigenvalue weighted by atomic mass is 16.4. The van der Waals surface area contributed by atoms with Crippen molar-refractivity contribution in [3.8, 4) is 11.3 Å². The van der Waals surface area contributed by atoms with Gasteiger partial charge in [-0.2, -0.15) is 0 Å². The van der Waals surface area contributed by atoms with Gasteiger partial charge >= 0.3 is 5.97 Å². The number of rotatable bonds is 8. The van der Waals surface area contributed by atoms with Crippen LogP contribution in [0.25, 0.3) is 22.0 Å². The monoisotopic (exact) mass is 432 g/mol. The quantitative estimate of drug-likeness (QED) is 0.451. The molecule has 5 nitrogen and oxygen atoms in total. The standard InChI is InChI=1S/C27H32N2O3/c1-18-24(27(31)32)17-25(22-12-11-20-9-5-6-10-21(20)16-22)29(18)23(13-14-26(28)30)15-19-7-3-2-4-8-19/h5-6,9-12,16-17,19,23H,2-4,7-8,13-15H2,1H3,(H2,28,30)(H,31,32). The van der Waals surface area contributed by atoms with Crippen molar-refractivity contribution in [1.82, 2.24) is 4.57 Å². The van der Waals surface area contributed by atoms with Crippen molar-refractivity contribution in [3.05, 3.63) is 59.8 Å². The SMILES string of the molecule is Cc1c(C(=O)O)cc(-c2ccc3ccccc3c2)n1C(CCC(N)=O)CC1CCCCC1. The minimum absolute atomic E-state index is 0.0418. The van der Waals surface area contributed by atoms with Crippen molar-refractivity contribution in [2.45, 2.75) is 64.3 Å². The van der Waals surface area contributed by atoms with E-state index in [9.17, 15) is 14.7 Å². The maximum Gasteiger partial charge on any atom is 0.337 e. The van der Waals surface area contributed by atoms with Crippen molar-refractivity contribution in [3.63, 3.8) is 0 Å². The number of carboxylic acid groups (broad SMARTS) is 1. The van der Waals surface area contributed by atoms with Gasteiger partial charge in [0, 0.05) is 23.9 Å². The molecule has 168 valence electrons. The maximum absolute atomic E-state index is 12.0. The van der Waals surface area contributed by atoms with E-state index in [0.29, 0.717) is 24.3 Å². The number of aromatic carboxylic acids is 1. The summed E-state index contributed by atoms with van der Waals surface area (Å²) < 4.78 is 2.17. The first kappa shape index (κ1) is 22.1. The Kier molecular flexibility index (Phi) is 6.63. The zero-order chi connectivity index (χ0) is 22.7. The third kappa shape index (κ3) is 4.72. The van der Waals surface area contributed by atoms with Crippen LogP contribution >= 0.6 is 0 Å². The number of amides is 1. The largest absolute Gasteiger partial charge is 0.478 e. The summed E-state index contributed by atoms with van der Waals surface area (Å²) in [5, 5.41) is 12.1. The Balaban J connectivity index is 1.80. The fraction of sp³-hybridized carbons (Fsp3) is 0.407. The number of hydrogen-bond acceptors (Lipinski definition) is 2. The molecule has 0 bridgehead atoms. The molecule has 0 radical (unpaired) electrons. The van der Waals surface area contributed by atoms with E-state index in [1.807, 2.05) is 19.1 Å². The number of benzene rings is 2. The van der Waals surface area contributed by atoms with Crippen molar-refractivity contribution < 1.29 is 14.7 Å². The van der Waals surface area contributed by atoms with Crippen molar-refractivity contribution in [2.75, 3.05) is 0 Å². The van der Waals surface area contributed by atoms with E-state index in [1.165, 1.54) is 32.1 Å². The normalized spacial score (nSPS) is 15.7. The predicted molar refractivity (Wildman–Crippen MR) is 128 cm³/mol. The Morgan fingerprint density at radius 2 is 1.78 bits per heavy atom. The Morgan fingerprint density at radius 3 is 2.47 bits per heavy atom. The molecule has 1 aliphatic carbocycles. The Labute approximate surface area is 189 Å². The molecule has 4 rings (SSSR count). The smallest absolute Gasteiger partial charge is 0.337 e. The van der Waals surface area contributed by atoms with Gasteiger partial charge in [0.25, 0.3) is 0 Å². The van der Waals surface area contributed by atoms with Gasteiger partial charge in [-0.25, -0.2) is 4.79 Å². The Hall–Kier alpha value is -3.08. The Morgan fingerprint density at radius 1 is 1.06 bits per heavy atom. The van der Waals surface area contributed by atoms with Crippen LogP contribution in [0.3, 0.4) is 0 Å². The van der Waals surface area contributed by atoms with Gasteiger partial charge in [0.05, 0.1) is 5.56 Å². The lowest BCUT2D eigenvalue weighted by atomic mass is 9.83. The lowest BCUT2D eigenvalue weighted by molar-refractivity contribution is -0.118. The second-order valence-electron chi connectivity index (χ2n) is 9.16. The van der Waals surface area contributed by atoms with E-state index in [-0.39, 0.29) is 11.9 Å². The fourth-order valence-electron chi connectivity index (χ4n) is 5.35. The first-order chi connectivity index (χ1) is 15.4. The van der Waals surface area contributed by atoms with Crippen LogP contribution in [0.5, 0.6) is 0 Å². The molecule has 1 amide bonds. The zero-order valence-electron chi connectivity index (χ0n) is 18.7. The highest BCUT2D eigenvalue weighted by Crippen LogP contribution is 2.38. The second kappa shape index (κ2) is 9.60. The number of aromatic nitrogens is 1. The average molecular weight is 433 g/mol. The highest BCUT2D eigenvalue weighted by Gasteiger charge is 2.27. The minimum atomic E-state index is -0.922. The molecule has 2 aromatic carbocycles. The molecule has 1 unspecified atom stereocenters. The summed E-state index contributed by atoms with van der Waals surface area (Å²) in [7, 11) is 0. The molecule has 0 saturated heterocycles. The van der Waals surface area contributed by atoms with Crippen LogP contribution < -0.4 is 5.73 Å². The van der Waals surface area contributed by atoms with Gasteiger partial charge in [0.2, 0.25) is 5.91 Å². The molecule has 5 heteroatoms. The number of nitrogens with zero attached hydrogens (tertiary/aromatic N) is 1. The fourth-order valence-corrected chi connectivity index (χ4v) is 5.35. The summed E-state index contributed by atoms with van der Waals surface area (Å²) >= 11 is 0. The highest BCUT2D eigenvalue weighted by molar-refractivity contribution is 5.92. The molecule has 1 atom stereocenters. The van der Waals surface area contributed by atoms with Crippen LogP contribution in [-0.2, 0) is 4.79 Å². The van der Waals surface area contributed by atoms with E-state index in [2.05, 4.69) is 34.9 Å². The Bertz CT molecular complexity index is 1130. The van der Waals surface area contributed by atoms with Crippen LogP contribution in [-0.4, -0.2) is 21.6 Å². The van der Waals surface area contributed by atoms with Crippen LogP contribution in [0.4, 0.5) is 0 Å². The zero-order valence-corrected chi connectivity index (χ0v) is 18.7. The summed E-state index contributed by atoms with van der Waals surface area (Å²) in [6.45, 7) is 1.88. The average Bonchev–Trinajstić information content (AvgIpc) is 3.14. The van der Waals surface area contributed by atoms with Gasteiger partial charge in [-0.05, 0) is 54.2 Å². The second-order valence-corrected chi connectivity index (χ2v) is 9.16. The number of hydrogen-bond donors (Lipinski definition) is 2. The third-order valence-electron chi connectivity index (χ3n) is 6.99. The number of nitrogens with two attached hydrogens (primary N) is 1. The van der Waals surface area contributed by atoms with Crippen LogP contribution in [0.2, 0.25) is 0 Å². The first-order valence-electron chi connectivity index (χ1n) is 11.7. The molecule has 3 aromatic rings.